The second-order valence-corrected chi connectivity index (χ2v) is 12.3. The molecule has 17 heteroatoms. The highest BCUT2D eigenvalue weighted by Crippen LogP contribution is 2.36. The smallest absolute Gasteiger partial charge is 0.295 e. The van der Waals surface area contributed by atoms with Gasteiger partial charge in [-0.05, 0) is 12.1 Å². The first kappa shape index (κ1) is 37.6. The molecule has 52 heavy (non-hydrogen) atoms. The third kappa shape index (κ3) is 9.36. The summed E-state index contributed by atoms with van der Waals surface area (Å²) < 4.78 is 16.2. The average molecular weight is 732 g/mol. The summed E-state index contributed by atoms with van der Waals surface area (Å²) in [6, 6.07) is 8.93. The minimum absolute atomic E-state index is 0.106. The van der Waals surface area contributed by atoms with E-state index < -0.39 is 17.6 Å². The zero-order chi connectivity index (χ0) is 36.9. The lowest BCUT2D eigenvalue weighted by Gasteiger charge is -2.34. The van der Waals surface area contributed by atoms with Crippen molar-refractivity contribution in [1.82, 2.24) is 40.7 Å². The summed E-state index contributed by atoms with van der Waals surface area (Å²) in [5.74, 6) is -1.53. The number of Topliss-reactive ketones (excluding diaryl/α,β-unsaturated/α-hetero) is 1. The number of nitrogens with one attached hydrogen (secondary N) is 5. The molecular formula is C35H41N9O7S. The maximum Gasteiger partial charge on any atom is 0.295 e. The number of fused-ring (bicyclic) bond motifs is 1. The van der Waals surface area contributed by atoms with Crippen LogP contribution in [0.15, 0.2) is 60.8 Å². The van der Waals surface area contributed by atoms with Crippen molar-refractivity contribution in [2.45, 2.75) is 0 Å². The highest BCUT2D eigenvalue weighted by molar-refractivity contribution is 7.13. The zero-order valence-electron chi connectivity index (χ0n) is 28.7. The van der Waals surface area contributed by atoms with Crippen molar-refractivity contribution in [3.8, 4) is 16.5 Å². The average Bonchev–Trinajstić information content (AvgIpc) is 3.86. The Morgan fingerprint density at radius 1 is 0.981 bits per heavy atom. The summed E-state index contributed by atoms with van der Waals surface area (Å²) in [5.41, 5.74) is 1.68. The number of ether oxygens (including phenoxy) is 3. The fraction of sp³-hybridized carbons (Fsp3) is 0.343. The molecule has 0 atom stereocenters. The second kappa shape index (κ2) is 18.5. The Morgan fingerprint density at radius 3 is 2.44 bits per heavy atom. The zero-order valence-corrected chi connectivity index (χ0v) is 29.6. The number of carbonyl (C=O) groups excluding carboxylic acids is 4. The van der Waals surface area contributed by atoms with E-state index in [4.69, 9.17) is 19.6 Å². The molecule has 5 rings (SSSR count). The van der Waals surface area contributed by atoms with Gasteiger partial charge in [0.15, 0.2) is 5.96 Å². The number of piperazine rings is 1. The Kier molecular flexibility index (Phi) is 13.4. The SMILES string of the molecule is C=CCOCCOCCNC(=N)NCCNC(=O)c1csc(-c2ncc(OC)c3c(C(=O)C(=O)N4CCN(C(=O)c5ccccc5)CC4)c[nH]c23)n1. The first-order valence-corrected chi connectivity index (χ1v) is 17.5. The molecular weight excluding hydrogens is 691 g/mol. The van der Waals surface area contributed by atoms with E-state index in [2.05, 4.69) is 37.5 Å². The normalized spacial score (nSPS) is 12.7. The number of hydrogen-bond donors (Lipinski definition) is 5. The third-order valence-corrected chi connectivity index (χ3v) is 8.86. The summed E-state index contributed by atoms with van der Waals surface area (Å²) in [7, 11) is 1.44. The minimum Gasteiger partial charge on any atom is -0.494 e. The number of benzene rings is 1. The maximum absolute atomic E-state index is 13.6. The van der Waals surface area contributed by atoms with Gasteiger partial charge in [0, 0.05) is 63.0 Å². The van der Waals surface area contributed by atoms with Gasteiger partial charge in [0.05, 0.1) is 56.2 Å². The van der Waals surface area contributed by atoms with E-state index in [-0.39, 0.29) is 48.5 Å². The van der Waals surface area contributed by atoms with E-state index in [0.717, 1.165) is 0 Å². The number of nitrogens with zero attached hydrogens (tertiary/aromatic N) is 4. The van der Waals surface area contributed by atoms with Crippen LogP contribution in [0.1, 0.15) is 31.2 Å². The van der Waals surface area contributed by atoms with Gasteiger partial charge in [0.1, 0.15) is 22.1 Å². The Labute approximate surface area is 304 Å². The van der Waals surface area contributed by atoms with Crippen LogP contribution in [0.4, 0.5) is 0 Å². The third-order valence-electron chi connectivity index (χ3n) is 8.02. The number of amides is 3. The second-order valence-electron chi connectivity index (χ2n) is 11.4. The number of rotatable bonds is 17. The van der Waals surface area contributed by atoms with Crippen LogP contribution in [-0.2, 0) is 14.3 Å². The van der Waals surface area contributed by atoms with E-state index in [1.807, 2.05) is 6.07 Å². The summed E-state index contributed by atoms with van der Waals surface area (Å²) in [6.45, 7) is 7.43. The van der Waals surface area contributed by atoms with Gasteiger partial charge in [-0.2, -0.15) is 0 Å². The highest BCUT2D eigenvalue weighted by atomic mass is 32.1. The first-order valence-electron chi connectivity index (χ1n) is 16.6. The maximum atomic E-state index is 13.6. The Bertz CT molecular complexity index is 1890. The predicted molar refractivity (Wildman–Crippen MR) is 195 cm³/mol. The molecule has 1 saturated heterocycles. The van der Waals surface area contributed by atoms with Gasteiger partial charge in [0.25, 0.3) is 23.5 Å². The quantitative estimate of drug-likeness (QED) is 0.0265. The largest absolute Gasteiger partial charge is 0.494 e. The van der Waals surface area contributed by atoms with E-state index in [1.54, 1.807) is 40.6 Å². The molecule has 4 heterocycles. The lowest BCUT2D eigenvalue weighted by Crippen LogP contribution is -2.52. The number of guanidine groups is 1. The van der Waals surface area contributed by atoms with E-state index in [0.29, 0.717) is 79.8 Å². The fourth-order valence-corrected chi connectivity index (χ4v) is 6.19. The van der Waals surface area contributed by atoms with Gasteiger partial charge in [0.2, 0.25) is 0 Å². The van der Waals surface area contributed by atoms with Crippen LogP contribution in [0.3, 0.4) is 0 Å². The summed E-state index contributed by atoms with van der Waals surface area (Å²) >= 11 is 1.20. The van der Waals surface area contributed by atoms with E-state index >= 15 is 0 Å². The number of carbonyl (C=O) groups is 4. The molecule has 1 fully saturated rings. The number of methoxy groups -OCH3 is 1. The van der Waals surface area contributed by atoms with Crippen LogP contribution in [0.25, 0.3) is 21.6 Å². The predicted octanol–water partition coefficient (Wildman–Crippen LogP) is 1.93. The van der Waals surface area contributed by atoms with Crippen molar-refractivity contribution >= 4 is 51.7 Å². The van der Waals surface area contributed by atoms with E-state index in [9.17, 15) is 19.2 Å². The monoisotopic (exact) mass is 731 g/mol. The van der Waals surface area contributed by atoms with Crippen LogP contribution in [0.5, 0.6) is 5.75 Å². The van der Waals surface area contributed by atoms with Crippen LogP contribution < -0.4 is 20.7 Å². The molecule has 5 N–H and O–H groups in total. The molecule has 0 bridgehead atoms. The molecule has 0 radical (unpaired) electrons. The number of hydrogen-bond acceptors (Lipinski definition) is 11. The molecule has 1 aromatic carbocycles. The number of thiazole rings is 1. The van der Waals surface area contributed by atoms with Crippen molar-refractivity contribution in [2.24, 2.45) is 0 Å². The molecule has 0 aliphatic carbocycles. The van der Waals surface area contributed by atoms with Crippen LogP contribution in [0, 0.1) is 5.41 Å². The molecule has 3 aromatic heterocycles. The van der Waals surface area contributed by atoms with Crippen molar-refractivity contribution in [2.75, 3.05) is 79.4 Å². The van der Waals surface area contributed by atoms with E-state index in [1.165, 1.54) is 35.7 Å². The number of ketones is 1. The topological polar surface area (TPSA) is 204 Å². The Balaban J connectivity index is 1.14. The van der Waals surface area contributed by atoms with Gasteiger partial charge in [-0.1, -0.05) is 24.3 Å². The lowest BCUT2D eigenvalue weighted by atomic mass is 10.1. The fourth-order valence-electron chi connectivity index (χ4n) is 5.39. The Morgan fingerprint density at radius 2 is 1.69 bits per heavy atom. The van der Waals surface area contributed by atoms with Gasteiger partial charge in [-0.15, -0.1) is 17.9 Å². The Hall–Kier alpha value is -5.65. The van der Waals surface area contributed by atoms with Gasteiger partial charge < -0.3 is 44.9 Å². The molecule has 3 amide bonds. The number of H-pyrrole nitrogens is 1. The highest BCUT2D eigenvalue weighted by Gasteiger charge is 2.31. The van der Waals surface area contributed by atoms with Crippen LogP contribution in [0.2, 0.25) is 0 Å². The molecule has 16 nitrogen and oxygen atoms in total. The standard InChI is InChI=1S/C35H41N9O7S/c1-3-16-50-18-19-51-17-11-39-35(36)38-10-9-37-31(46)25-22-52-32(42-25)29-28-27(26(49-2)21-41-29)24(20-40-28)30(45)34(48)44-14-12-43(13-15-44)33(47)23-7-5-4-6-8-23/h3-8,20-22,40H,1,9-19H2,2H3,(H,37,46)(H3,36,38,39). The molecule has 1 aliphatic heterocycles. The number of aromatic nitrogens is 3. The number of aromatic amines is 1. The molecule has 4 aromatic rings. The number of pyridine rings is 1. The van der Waals surface area contributed by atoms with Crippen LogP contribution in [-0.4, -0.2) is 134 Å². The van der Waals surface area contributed by atoms with Crippen molar-refractivity contribution in [3.63, 3.8) is 0 Å². The first-order chi connectivity index (χ1) is 25.3. The van der Waals surface area contributed by atoms with Gasteiger partial charge >= 0.3 is 0 Å². The lowest BCUT2D eigenvalue weighted by molar-refractivity contribution is -0.127. The summed E-state index contributed by atoms with van der Waals surface area (Å²) in [6.07, 6.45) is 4.56. The summed E-state index contributed by atoms with van der Waals surface area (Å²) in [5, 5.41) is 18.9. The molecule has 274 valence electrons. The molecule has 0 unspecified atom stereocenters. The molecule has 0 spiro atoms. The van der Waals surface area contributed by atoms with Crippen molar-refractivity contribution in [3.05, 3.63) is 77.6 Å². The van der Waals surface area contributed by atoms with Crippen molar-refractivity contribution in [1.29, 1.82) is 5.41 Å². The molecule has 0 saturated carbocycles. The van der Waals surface area contributed by atoms with Gasteiger partial charge in [-0.25, -0.2) is 9.97 Å². The van der Waals surface area contributed by atoms with Crippen molar-refractivity contribution < 1.29 is 33.4 Å². The minimum atomic E-state index is -0.723. The molecule has 1 aliphatic rings. The van der Waals surface area contributed by atoms with Gasteiger partial charge in [-0.3, -0.25) is 24.6 Å². The van der Waals surface area contributed by atoms with Crippen LogP contribution >= 0.6 is 11.3 Å². The summed E-state index contributed by atoms with van der Waals surface area (Å²) in [4.78, 5) is 67.8.